The third-order valence-electron chi connectivity index (χ3n) is 7.00. The van der Waals surface area contributed by atoms with Gasteiger partial charge in [-0.3, -0.25) is 9.88 Å². The van der Waals surface area contributed by atoms with Gasteiger partial charge >= 0.3 is 6.09 Å². The van der Waals surface area contributed by atoms with Crippen molar-refractivity contribution in [1.29, 1.82) is 5.26 Å². The third kappa shape index (κ3) is 4.27. The number of ether oxygens (including phenoxy) is 1. The highest BCUT2D eigenvalue weighted by molar-refractivity contribution is 6.30. The number of pyridine rings is 1. The molecule has 11 heteroatoms. The molecule has 2 fully saturated rings. The molecule has 0 radical (unpaired) electrons. The van der Waals surface area contributed by atoms with E-state index in [9.17, 15) is 10.1 Å². The molecule has 1 saturated carbocycles. The molecule has 182 valence electrons. The van der Waals surface area contributed by atoms with E-state index in [0.29, 0.717) is 41.0 Å². The summed E-state index contributed by atoms with van der Waals surface area (Å²) in [7, 11) is 0. The molecule has 36 heavy (non-hydrogen) atoms. The van der Waals surface area contributed by atoms with E-state index in [0.717, 1.165) is 43.3 Å². The number of amides is 1. The van der Waals surface area contributed by atoms with Crippen molar-refractivity contribution in [2.24, 2.45) is 5.92 Å². The number of fused-ring (bicyclic) bond motifs is 1. The fraction of sp³-hybridized carbons (Fsp3) is 0.360. The number of benzene rings is 1. The van der Waals surface area contributed by atoms with Crippen molar-refractivity contribution in [3.8, 4) is 11.8 Å². The van der Waals surface area contributed by atoms with Crippen LogP contribution in [-0.4, -0.2) is 52.7 Å². The van der Waals surface area contributed by atoms with Crippen LogP contribution >= 0.6 is 11.6 Å². The highest BCUT2D eigenvalue weighted by Crippen LogP contribution is 2.41. The summed E-state index contributed by atoms with van der Waals surface area (Å²) in [6.45, 7) is 1.62. The van der Waals surface area contributed by atoms with Gasteiger partial charge in [0.2, 0.25) is 0 Å². The number of nitrogens with zero attached hydrogens (tertiary/aromatic N) is 8. The van der Waals surface area contributed by atoms with E-state index in [2.05, 4.69) is 30.9 Å². The Hall–Kier alpha value is -3.97. The SMILES string of the molecule is N#Cc1ccc2ncn(C[C@H]3CCCC4(C3)CN(Cc3cn(-c5cncc(Cl)c5)nn3)C(=O)O4)c2c1. The minimum absolute atomic E-state index is 0.318. The number of hydrogen-bond acceptors (Lipinski definition) is 7. The van der Waals surface area contributed by atoms with Crippen molar-refractivity contribution in [1.82, 2.24) is 34.4 Å². The first-order valence-corrected chi connectivity index (χ1v) is 12.2. The first kappa shape index (κ1) is 22.5. The fourth-order valence-electron chi connectivity index (χ4n) is 5.42. The zero-order valence-electron chi connectivity index (χ0n) is 19.4. The molecule has 2 aliphatic rings. The van der Waals surface area contributed by atoms with Crippen LogP contribution in [-0.2, 0) is 17.8 Å². The number of hydrogen-bond donors (Lipinski definition) is 0. The number of carbonyl (C=O) groups is 1. The molecule has 1 aliphatic heterocycles. The first-order chi connectivity index (χ1) is 17.5. The van der Waals surface area contributed by atoms with Crippen molar-refractivity contribution in [3.63, 3.8) is 0 Å². The maximum absolute atomic E-state index is 12.8. The number of halogens is 1. The van der Waals surface area contributed by atoms with Crippen LogP contribution in [0.5, 0.6) is 0 Å². The average molecular weight is 503 g/mol. The van der Waals surface area contributed by atoms with Gasteiger partial charge in [0.25, 0.3) is 0 Å². The Kier molecular flexibility index (Phi) is 5.57. The molecule has 2 atom stereocenters. The van der Waals surface area contributed by atoms with E-state index in [1.165, 1.54) is 0 Å². The lowest BCUT2D eigenvalue weighted by atomic mass is 9.78. The normalized spacial score (nSPS) is 21.7. The van der Waals surface area contributed by atoms with E-state index >= 15 is 0 Å². The molecule has 1 unspecified atom stereocenters. The molecule has 1 amide bonds. The Morgan fingerprint density at radius 2 is 2.19 bits per heavy atom. The molecule has 0 N–H and O–H groups in total. The molecule has 10 nitrogen and oxygen atoms in total. The van der Waals surface area contributed by atoms with Gasteiger partial charge in [0, 0.05) is 12.7 Å². The van der Waals surface area contributed by atoms with Gasteiger partial charge in [-0.05, 0) is 55.9 Å². The average Bonchev–Trinajstić information content (AvgIpc) is 3.57. The van der Waals surface area contributed by atoms with Crippen LogP contribution in [0.4, 0.5) is 4.79 Å². The van der Waals surface area contributed by atoms with Gasteiger partial charge in [-0.15, -0.1) is 5.10 Å². The van der Waals surface area contributed by atoms with E-state index in [4.69, 9.17) is 16.3 Å². The summed E-state index contributed by atoms with van der Waals surface area (Å²) in [5, 5.41) is 18.1. The molecule has 1 spiro atoms. The Labute approximate surface area is 212 Å². The molecule has 1 aromatic carbocycles. The minimum atomic E-state index is -0.499. The molecule has 0 bridgehead atoms. The summed E-state index contributed by atoms with van der Waals surface area (Å²) < 4.78 is 9.69. The smallest absolute Gasteiger partial charge is 0.410 e. The summed E-state index contributed by atoms with van der Waals surface area (Å²) in [6.07, 6.45) is 10.2. The number of imidazole rings is 1. The monoisotopic (exact) mass is 502 g/mol. The van der Waals surface area contributed by atoms with E-state index < -0.39 is 5.60 Å². The Bertz CT molecular complexity index is 1490. The molecule has 6 rings (SSSR count). The number of nitriles is 1. The summed E-state index contributed by atoms with van der Waals surface area (Å²) in [5.74, 6) is 0.339. The second kappa shape index (κ2) is 8.91. The lowest BCUT2D eigenvalue weighted by molar-refractivity contribution is 0.00415. The zero-order chi connectivity index (χ0) is 24.7. The van der Waals surface area contributed by atoms with Crippen molar-refractivity contribution >= 4 is 28.7 Å². The van der Waals surface area contributed by atoms with Crippen LogP contribution in [0, 0.1) is 17.2 Å². The third-order valence-corrected chi connectivity index (χ3v) is 7.21. The summed E-state index contributed by atoms with van der Waals surface area (Å²) in [5.41, 5.74) is 3.31. The van der Waals surface area contributed by atoms with Crippen molar-refractivity contribution < 1.29 is 9.53 Å². The van der Waals surface area contributed by atoms with Gasteiger partial charge in [-0.25, -0.2) is 14.5 Å². The molecule has 1 aliphatic carbocycles. The quantitative estimate of drug-likeness (QED) is 0.403. The number of aromatic nitrogens is 6. The Balaban J connectivity index is 1.14. The summed E-state index contributed by atoms with van der Waals surface area (Å²) in [4.78, 5) is 23.1. The molecule has 1 saturated heterocycles. The van der Waals surface area contributed by atoms with Gasteiger partial charge in [0.1, 0.15) is 11.3 Å². The molecule has 4 heterocycles. The van der Waals surface area contributed by atoms with E-state index in [1.54, 1.807) is 40.3 Å². The van der Waals surface area contributed by atoms with Crippen LogP contribution in [0.25, 0.3) is 16.7 Å². The fourth-order valence-corrected chi connectivity index (χ4v) is 5.59. The lowest BCUT2D eigenvalue weighted by Crippen LogP contribution is -2.40. The van der Waals surface area contributed by atoms with E-state index in [-0.39, 0.29) is 6.09 Å². The standard InChI is InChI=1S/C25H23ClN8O2/c26-19-7-21(11-28-10-19)34-14-20(30-31-34)13-32-15-25(36-24(32)35)5-1-2-18(8-25)12-33-16-29-22-4-3-17(9-27)6-23(22)33/h3-4,6-7,10-11,14,16,18H,1-2,5,8,12-13,15H2/t18-,25?/m0/s1. The van der Waals surface area contributed by atoms with Crippen LogP contribution in [0.1, 0.15) is 36.9 Å². The largest absolute Gasteiger partial charge is 0.441 e. The minimum Gasteiger partial charge on any atom is -0.441 e. The van der Waals surface area contributed by atoms with Crippen molar-refractivity contribution in [2.45, 2.75) is 44.4 Å². The topological polar surface area (TPSA) is 115 Å². The van der Waals surface area contributed by atoms with Crippen molar-refractivity contribution in [2.75, 3.05) is 6.54 Å². The second-order valence-electron chi connectivity index (χ2n) is 9.60. The van der Waals surface area contributed by atoms with Crippen LogP contribution in [0.2, 0.25) is 5.02 Å². The highest BCUT2D eigenvalue weighted by Gasteiger charge is 2.48. The highest BCUT2D eigenvalue weighted by atomic mass is 35.5. The van der Waals surface area contributed by atoms with Crippen LogP contribution in [0.3, 0.4) is 0 Å². The maximum atomic E-state index is 12.8. The molecular weight excluding hydrogens is 480 g/mol. The molecule has 3 aromatic heterocycles. The number of rotatable bonds is 5. The van der Waals surface area contributed by atoms with Gasteiger partial charge in [-0.2, -0.15) is 5.26 Å². The number of carbonyl (C=O) groups excluding carboxylic acids is 1. The Morgan fingerprint density at radius 3 is 3.06 bits per heavy atom. The van der Waals surface area contributed by atoms with Gasteiger partial charge in [0.05, 0.1) is 65.2 Å². The Morgan fingerprint density at radius 1 is 1.28 bits per heavy atom. The first-order valence-electron chi connectivity index (χ1n) is 11.9. The van der Waals surface area contributed by atoms with Gasteiger partial charge in [-0.1, -0.05) is 16.8 Å². The van der Waals surface area contributed by atoms with Gasteiger partial charge in [0.15, 0.2) is 0 Å². The lowest BCUT2D eigenvalue weighted by Gasteiger charge is -2.36. The summed E-state index contributed by atoms with van der Waals surface area (Å²) >= 11 is 6.03. The maximum Gasteiger partial charge on any atom is 0.410 e. The predicted molar refractivity (Wildman–Crippen MR) is 130 cm³/mol. The molecule has 4 aromatic rings. The van der Waals surface area contributed by atoms with Crippen molar-refractivity contribution in [3.05, 3.63) is 65.5 Å². The zero-order valence-corrected chi connectivity index (χ0v) is 20.2. The second-order valence-corrected chi connectivity index (χ2v) is 10.0. The van der Waals surface area contributed by atoms with E-state index in [1.807, 2.05) is 18.5 Å². The van der Waals surface area contributed by atoms with Crippen LogP contribution in [0.15, 0.2) is 49.2 Å². The summed E-state index contributed by atoms with van der Waals surface area (Å²) in [6, 6.07) is 9.49. The van der Waals surface area contributed by atoms with Gasteiger partial charge < -0.3 is 9.30 Å². The predicted octanol–water partition coefficient (Wildman–Crippen LogP) is 4.12. The molecular formula is C25H23ClN8O2. The van der Waals surface area contributed by atoms with Crippen LogP contribution < -0.4 is 0 Å².